The standard InChI is InChI=1S/C46H32N2O2/c1-2-13-32(14-3-1)47-37-17-7-6-16-34(37)35-27-29(22-25-38(35)47)26-31-24-23-30-12-4-5-15-33(30)36-28-43-45-46(44(31)36)50-42-21-11-9-19-40(42)48(45)39-18-8-10-20-41(39)49-43/h1-22,25,27-28,31H,23-24,26H2. The van der Waals surface area contributed by atoms with Crippen molar-refractivity contribution in [2.24, 2.45) is 0 Å². The Labute approximate surface area is 290 Å². The van der Waals surface area contributed by atoms with Gasteiger partial charge in [0, 0.05) is 22.0 Å². The molecule has 1 atom stereocenters. The number of para-hydroxylation sites is 6. The second kappa shape index (κ2) is 10.6. The van der Waals surface area contributed by atoms with Crippen LogP contribution in [0.15, 0.2) is 152 Å². The molecule has 50 heavy (non-hydrogen) atoms. The molecule has 4 nitrogen and oxygen atoms in total. The maximum atomic E-state index is 7.03. The molecule has 3 heterocycles. The summed E-state index contributed by atoms with van der Waals surface area (Å²) in [4.78, 5) is 2.35. The molecule has 0 N–H and O–H groups in total. The van der Waals surface area contributed by atoms with Gasteiger partial charge < -0.3 is 14.0 Å². The van der Waals surface area contributed by atoms with Crippen LogP contribution in [0.5, 0.6) is 23.0 Å². The van der Waals surface area contributed by atoms with Gasteiger partial charge in [-0.15, -0.1) is 0 Å². The number of rotatable bonds is 3. The Morgan fingerprint density at radius 1 is 0.560 bits per heavy atom. The molecule has 0 spiro atoms. The lowest BCUT2D eigenvalue weighted by Crippen LogP contribution is -2.22. The number of aromatic nitrogens is 1. The van der Waals surface area contributed by atoms with Gasteiger partial charge >= 0.3 is 0 Å². The number of fused-ring (bicyclic) bond motifs is 11. The third-order valence-corrected chi connectivity index (χ3v) is 10.8. The van der Waals surface area contributed by atoms with E-state index in [1.54, 1.807) is 0 Å². The largest absolute Gasteiger partial charge is 0.453 e. The summed E-state index contributed by atoms with van der Waals surface area (Å²) in [5.41, 5.74) is 13.1. The Kier molecular flexibility index (Phi) is 5.88. The van der Waals surface area contributed by atoms with Crippen molar-refractivity contribution in [3.8, 4) is 39.8 Å². The molecule has 1 unspecified atom stereocenters. The molecule has 0 saturated carbocycles. The minimum Gasteiger partial charge on any atom is -0.453 e. The van der Waals surface area contributed by atoms with Gasteiger partial charge in [0.05, 0.1) is 22.4 Å². The van der Waals surface area contributed by atoms with Crippen molar-refractivity contribution in [3.05, 3.63) is 168 Å². The molecular weight excluding hydrogens is 613 g/mol. The predicted molar refractivity (Wildman–Crippen MR) is 202 cm³/mol. The van der Waals surface area contributed by atoms with Gasteiger partial charge in [0.15, 0.2) is 23.0 Å². The molecule has 1 aliphatic carbocycles. The van der Waals surface area contributed by atoms with E-state index in [9.17, 15) is 0 Å². The van der Waals surface area contributed by atoms with E-state index in [-0.39, 0.29) is 5.92 Å². The molecule has 0 radical (unpaired) electrons. The van der Waals surface area contributed by atoms with Gasteiger partial charge in [0.2, 0.25) is 0 Å². The summed E-state index contributed by atoms with van der Waals surface area (Å²) in [6.07, 6.45) is 2.91. The van der Waals surface area contributed by atoms with Gasteiger partial charge in [-0.3, -0.25) is 4.90 Å². The van der Waals surface area contributed by atoms with Crippen LogP contribution in [-0.2, 0) is 12.8 Å². The summed E-state index contributed by atoms with van der Waals surface area (Å²) >= 11 is 0. The van der Waals surface area contributed by atoms with Crippen molar-refractivity contribution >= 4 is 38.9 Å². The number of hydrogen-bond donors (Lipinski definition) is 0. The van der Waals surface area contributed by atoms with Gasteiger partial charge in [-0.1, -0.05) is 91.0 Å². The average Bonchev–Trinajstić information content (AvgIpc) is 3.41. The van der Waals surface area contributed by atoms with Gasteiger partial charge in [-0.2, -0.15) is 0 Å². The smallest absolute Gasteiger partial charge is 0.159 e. The molecule has 0 fully saturated rings. The van der Waals surface area contributed by atoms with Gasteiger partial charge in [0.1, 0.15) is 5.69 Å². The molecule has 3 aliphatic rings. The number of aryl methyl sites for hydroxylation is 1. The quantitative estimate of drug-likeness (QED) is 0.191. The second-order valence-corrected chi connectivity index (χ2v) is 13.6. The van der Waals surface area contributed by atoms with Crippen molar-refractivity contribution in [1.82, 2.24) is 4.57 Å². The SMILES string of the molecule is c1ccc(-n2c3ccccc3c3cc(CC4CCc5ccccc5-c5cc6c7c(c54)Oc4ccccc4N7c4ccccc4O6)ccc32)cc1. The fourth-order valence-corrected chi connectivity index (χ4v) is 8.68. The Morgan fingerprint density at radius 3 is 2.12 bits per heavy atom. The Hall–Kier alpha value is -6.26. The van der Waals surface area contributed by atoms with Crippen LogP contribution >= 0.6 is 0 Å². The fraction of sp³-hybridized carbons (Fsp3) is 0.0870. The number of hydrogen-bond acceptors (Lipinski definition) is 3. The highest BCUT2D eigenvalue weighted by atomic mass is 16.5. The number of anilines is 3. The zero-order valence-electron chi connectivity index (χ0n) is 27.3. The zero-order valence-corrected chi connectivity index (χ0v) is 27.3. The molecule has 0 amide bonds. The first-order valence-electron chi connectivity index (χ1n) is 17.5. The maximum Gasteiger partial charge on any atom is 0.159 e. The average molecular weight is 645 g/mol. The molecule has 0 saturated heterocycles. The Balaban J connectivity index is 1.11. The maximum absolute atomic E-state index is 7.03. The Morgan fingerprint density at radius 2 is 1.26 bits per heavy atom. The highest BCUT2D eigenvalue weighted by Crippen LogP contribution is 2.63. The normalized spacial score (nSPS) is 15.2. The van der Waals surface area contributed by atoms with Crippen LogP contribution in [0, 0.1) is 0 Å². The molecule has 8 aromatic rings. The van der Waals surface area contributed by atoms with E-state index >= 15 is 0 Å². The molecule has 1 aromatic heterocycles. The monoisotopic (exact) mass is 644 g/mol. The van der Waals surface area contributed by atoms with Crippen LogP contribution in [0.25, 0.3) is 38.6 Å². The third kappa shape index (κ3) is 3.99. The fourth-order valence-electron chi connectivity index (χ4n) is 8.68. The molecule has 11 rings (SSSR count). The van der Waals surface area contributed by atoms with Crippen LogP contribution in [0.3, 0.4) is 0 Å². The van der Waals surface area contributed by atoms with E-state index in [0.717, 1.165) is 59.3 Å². The number of benzene rings is 7. The minimum absolute atomic E-state index is 0.224. The van der Waals surface area contributed by atoms with Crippen LogP contribution in [0.4, 0.5) is 17.1 Å². The predicted octanol–water partition coefficient (Wildman–Crippen LogP) is 12.4. The lowest BCUT2D eigenvalue weighted by Gasteiger charge is -2.40. The topological polar surface area (TPSA) is 26.6 Å². The summed E-state index contributed by atoms with van der Waals surface area (Å²) < 4.78 is 16.1. The van der Waals surface area contributed by atoms with E-state index in [4.69, 9.17) is 9.47 Å². The molecule has 4 heteroatoms. The second-order valence-electron chi connectivity index (χ2n) is 13.6. The Bertz CT molecular complexity index is 2640. The van der Waals surface area contributed by atoms with Crippen LogP contribution in [-0.4, -0.2) is 4.57 Å². The first-order valence-corrected chi connectivity index (χ1v) is 17.5. The summed E-state index contributed by atoms with van der Waals surface area (Å²) in [7, 11) is 0. The lowest BCUT2D eigenvalue weighted by molar-refractivity contribution is 0.437. The van der Waals surface area contributed by atoms with Gasteiger partial charge in [0.25, 0.3) is 0 Å². The van der Waals surface area contributed by atoms with E-state index in [0.29, 0.717) is 0 Å². The van der Waals surface area contributed by atoms with Gasteiger partial charge in [-0.05, 0) is 108 Å². The molecule has 0 bridgehead atoms. The van der Waals surface area contributed by atoms with E-state index in [1.807, 2.05) is 6.07 Å². The van der Waals surface area contributed by atoms with Crippen LogP contribution < -0.4 is 14.4 Å². The van der Waals surface area contributed by atoms with Crippen LogP contribution in [0.1, 0.15) is 29.0 Å². The minimum atomic E-state index is 0.224. The molecule has 2 aliphatic heterocycles. The van der Waals surface area contributed by atoms with E-state index < -0.39 is 0 Å². The number of ether oxygens (including phenoxy) is 2. The summed E-state index contributed by atoms with van der Waals surface area (Å²) in [5.74, 6) is 3.68. The van der Waals surface area contributed by atoms with E-state index in [2.05, 4.69) is 155 Å². The van der Waals surface area contributed by atoms with Crippen LogP contribution in [0.2, 0.25) is 0 Å². The molecule has 238 valence electrons. The molecular formula is C46H32N2O2. The number of nitrogens with zero attached hydrogens (tertiary/aromatic N) is 2. The van der Waals surface area contributed by atoms with Crippen molar-refractivity contribution in [3.63, 3.8) is 0 Å². The summed E-state index contributed by atoms with van der Waals surface area (Å²) in [5, 5.41) is 2.56. The zero-order chi connectivity index (χ0) is 32.8. The van der Waals surface area contributed by atoms with Crippen molar-refractivity contribution in [2.75, 3.05) is 4.90 Å². The van der Waals surface area contributed by atoms with Crippen molar-refractivity contribution in [1.29, 1.82) is 0 Å². The first kappa shape index (κ1) is 27.7. The highest BCUT2D eigenvalue weighted by Gasteiger charge is 2.39. The third-order valence-electron chi connectivity index (χ3n) is 10.8. The highest BCUT2D eigenvalue weighted by molar-refractivity contribution is 6.09. The van der Waals surface area contributed by atoms with E-state index in [1.165, 1.54) is 55.3 Å². The van der Waals surface area contributed by atoms with Crippen molar-refractivity contribution < 1.29 is 9.47 Å². The molecule has 7 aromatic carbocycles. The van der Waals surface area contributed by atoms with Gasteiger partial charge in [-0.25, -0.2) is 0 Å². The lowest BCUT2D eigenvalue weighted by atomic mass is 9.84. The first-order chi connectivity index (χ1) is 24.8. The summed E-state index contributed by atoms with van der Waals surface area (Å²) in [6, 6.07) is 54.4. The van der Waals surface area contributed by atoms with Crippen molar-refractivity contribution in [2.45, 2.75) is 25.2 Å². The summed E-state index contributed by atoms with van der Waals surface area (Å²) in [6.45, 7) is 0.